The van der Waals surface area contributed by atoms with E-state index in [1.807, 2.05) is 24.4 Å². The van der Waals surface area contributed by atoms with Gasteiger partial charge in [-0.1, -0.05) is 31.0 Å². The molecule has 1 heterocycles. The molecule has 0 unspecified atom stereocenters. The van der Waals surface area contributed by atoms with E-state index in [4.69, 9.17) is 0 Å². The predicted molar refractivity (Wildman–Crippen MR) is 83.0 cm³/mol. The summed E-state index contributed by atoms with van der Waals surface area (Å²) in [6, 6.07) is 8.11. The maximum Gasteiger partial charge on any atom is 0.220 e. The molecule has 3 N–H and O–H groups in total. The Morgan fingerprint density at radius 3 is 2.86 bits per heavy atom. The zero-order chi connectivity index (χ0) is 14.7. The van der Waals surface area contributed by atoms with Gasteiger partial charge in [0.15, 0.2) is 0 Å². The van der Waals surface area contributed by atoms with Gasteiger partial charge >= 0.3 is 0 Å². The molecule has 4 heteroatoms. The standard InChI is InChI=1S/C17H22N2O2/c20-16(19-12-17(21)9-3-4-10-17)8-7-13-11-18-15-6-2-1-5-14(13)15/h1-2,5-6,11,18,21H,3-4,7-10,12H2,(H,19,20). The number of aromatic amines is 1. The smallest absolute Gasteiger partial charge is 0.220 e. The van der Waals surface area contributed by atoms with E-state index >= 15 is 0 Å². The number of aryl methyl sites for hydroxylation is 1. The number of rotatable bonds is 5. The number of aliphatic hydroxyl groups is 1. The number of hydrogen-bond acceptors (Lipinski definition) is 2. The largest absolute Gasteiger partial charge is 0.388 e. The van der Waals surface area contributed by atoms with Crippen molar-refractivity contribution in [1.82, 2.24) is 10.3 Å². The Kier molecular flexibility index (Phi) is 3.97. The predicted octanol–water partition coefficient (Wildman–Crippen LogP) is 2.52. The topological polar surface area (TPSA) is 65.1 Å². The van der Waals surface area contributed by atoms with Crippen LogP contribution in [-0.2, 0) is 11.2 Å². The number of para-hydroxylation sites is 1. The number of nitrogens with one attached hydrogen (secondary N) is 2. The summed E-state index contributed by atoms with van der Waals surface area (Å²) in [5.74, 6) is 0.0145. The monoisotopic (exact) mass is 286 g/mol. The normalized spacial score (nSPS) is 17.2. The maximum absolute atomic E-state index is 11.9. The molecule has 1 saturated carbocycles. The number of carbonyl (C=O) groups excluding carboxylic acids is 1. The third kappa shape index (κ3) is 3.27. The van der Waals surface area contributed by atoms with Gasteiger partial charge in [-0.25, -0.2) is 0 Å². The van der Waals surface area contributed by atoms with E-state index < -0.39 is 5.60 Å². The van der Waals surface area contributed by atoms with Crippen LogP contribution in [0.25, 0.3) is 10.9 Å². The molecule has 0 atom stereocenters. The fourth-order valence-corrected chi connectivity index (χ4v) is 3.15. The second-order valence-electron chi connectivity index (χ2n) is 6.07. The van der Waals surface area contributed by atoms with Crippen molar-refractivity contribution < 1.29 is 9.90 Å². The molecule has 1 fully saturated rings. The molecule has 112 valence electrons. The summed E-state index contributed by atoms with van der Waals surface area (Å²) < 4.78 is 0. The summed E-state index contributed by atoms with van der Waals surface area (Å²) in [5, 5.41) is 14.3. The van der Waals surface area contributed by atoms with Gasteiger partial charge in [-0.05, 0) is 30.9 Å². The highest BCUT2D eigenvalue weighted by Gasteiger charge is 2.31. The Bertz CT molecular complexity index is 627. The molecule has 3 rings (SSSR count). The van der Waals surface area contributed by atoms with Crippen molar-refractivity contribution in [3.8, 4) is 0 Å². The summed E-state index contributed by atoms with van der Waals surface area (Å²) in [6.07, 6.45) is 6.86. The molecule has 1 amide bonds. The highest BCUT2D eigenvalue weighted by atomic mass is 16.3. The first kappa shape index (κ1) is 14.1. The molecule has 21 heavy (non-hydrogen) atoms. The lowest BCUT2D eigenvalue weighted by molar-refractivity contribution is -0.122. The second-order valence-corrected chi connectivity index (χ2v) is 6.07. The molecular weight excluding hydrogens is 264 g/mol. The van der Waals surface area contributed by atoms with Crippen LogP contribution in [0.1, 0.15) is 37.7 Å². The van der Waals surface area contributed by atoms with Crippen molar-refractivity contribution in [2.45, 2.75) is 44.1 Å². The molecule has 1 aromatic carbocycles. The van der Waals surface area contributed by atoms with Crippen LogP contribution in [0.5, 0.6) is 0 Å². The van der Waals surface area contributed by atoms with Crippen LogP contribution in [0.4, 0.5) is 0 Å². The van der Waals surface area contributed by atoms with Gasteiger partial charge in [0.25, 0.3) is 0 Å². The Labute approximate surface area is 124 Å². The van der Waals surface area contributed by atoms with Crippen molar-refractivity contribution in [3.05, 3.63) is 36.0 Å². The van der Waals surface area contributed by atoms with Gasteiger partial charge < -0.3 is 15.4 Å². The summed E-state index contributed by atoms with van der Waals surface area (Å²) >= 11 is 0. The third-order valence-corrected chi connectivity index (χ3v) is 4.45. The first-order valence-electron chi connectivity index (χ1n) is 7.70. The maximum atomic E-state index is 11.9. The van der Waals surface area contributed by atoms with Crippen LogP contribution in [0.2, 0.25) is 0 Å². The summed E-state index contributed by atoms with van der Waals surface area (Å²) in [4.78, 5) is 15.2. The Hall–Kier alpha value is -1.81. The average molecular weight is 286 g/mol. The fourth-order valence-electron chi connectivity index (χ4n) is 3.15. The minimum absolute atomic E-state index is 0.0145. The first-order valence-corrected chi connectivity index (χ1v) is 7.70. The summed E-state index contributed by atoms with van der Waals surface area (Å²) in [6.45, 7) is 0.389. The lowest BCUT2D eigenvalue weighted by Crippen LogP contribution is -2.40. The molecule has 1 aromatic heterocycles. The highest BCUT2D eigenvalue weighted by Crippen LogP contribution is 2.28. The van der Waals surface area contributed by atoms with Crippen molar-refractivity contribution in [2.75, 3.05) is 6.54 Å². The quantitative estimate of drug-likeness (QED) is 0.790. The molecule has 0 saturated heterocycles. The number of hydrogen-bond donors (Lipinski definition) is 3. The third-order valence-electron chi connectivity index (χ3n) is 4.45. The molecule has 1 aliphatic carbocycles. The lowest BCUT2D eigenvalue weighted by Gasteiger charge is -2.22. The van der Waals surface area contributed by atoms with Gasteiger partial charge in [-0.3, -0.25) is 4.79 Å². The van der Waals surface area contributed by atoms with E-state index in [2.05, 4.69) is 16.4 Å². The minimum atomic E-state index is -0.670. The highest BCUT2D eigenvalue weighted by molar-refractivity contribution is 5.84. The SMILES string of the molecule is O=C(CCc1c[nH]c2ccccc12)NCC1(O)CCCC1. The van der Waals surface area contributed by atoms with Gasteiger partial charge in [0, 0.05) is 30.1 Å². The average Bonchev–Trinajstić information content (AvgIpc) is 3.10. The zero-order valence-electron chi connectivity index (χ0n) is 12.2. The molecule has 4 nitrogen and oxygen atoms in total. The fraction of sp³-hybridized carbons (Fsp3) is 0.471. The Morgan fingerprint density at radius 1 is 1.29 bits per heavy atom. The number of amides is 1. The Morgan fingerprint density at radius 2 is 2.05 bits per heavy atom. The summed E-state index contributed by atoms with van der Waals surface area (Å²) in [5.41, 5.74) is 1.60. The molecular formula is C17H22N2O2. The van der Waals surface area contributed by atoms with Crippen LogP contribution in [-0.4, -0.2) is 28.1 Å². The van der Waals surface area contributed by atoms with E-state index in [1.165, 1.54) is 10.9 Å². The van der Waals surface area contributed by atoms with Crippen molar-refractivity contribution in [3.63, 3.8) is 0 Å². The van der Waals surface area contributed by atoms with E-state index in [9.17, 15) is 9.90 Å². The van der Waals surface area contributed by atoms with Crippen molar-refractivity contribution in [2.24, 2.45) is 0 Å². The van der Waals surface area contributed by atoms with Crippen LogP contribution < -0.4 is 5.32 Å². The molecule has 0 aliphatic heterocycles. The number of fused-ring (bicyclic) bond motifs is 1. The number of carbonyl (C=O) groups is 1. The van der Waals surface area contributed by atoms with Crippen molar-refractivity contribution in [1.29, 1.82) is 0 Å². The van der Waals surface area contributed by atoms with E-state index in [0.717, 1.165) is 31.2 Å². The van der Waals surface area contributed by atoms with Crippen LogP contribution >= 0.6 is 0 Å². The van der Waals surface area contributed by atoms with Gasteiger partial charge in [0.2, 0.25) is 5.91 Å². The molecule has 1 aliphatic rings. The zero-order valence-corrected chi connectivity index (χ0v) is 12.2. The van der Waals surface area contributed by atoms with E-state index in [-0.39, 0.29) is 5.91 Å². The number of aromatic nitrogens is 1. The van der Waals surface area contributed by atoms with Gasteiger partial charge in [0.05, 0.1) is 5.60 Å². The number of benzene rings is 1. The Balaban J connectivity index is 1.51. The van der Waals surface area contributed by atoms with Gasteiger partial charge in [0.1, 0.15) is 0 Å². The molecule has 2 aromatic rings. The van der Waals surface area contributed by atoms with Gasteiger partial charge in [-0.15, -0.1) is 0 Å². The van der Waals surface area contributed by atoms with E-state index in [0.29, 0.717) is 19.4 Å². The van der Waals surface area contributed by atoms with Crippen molar-refractivity contribution >= 4 is 16.8 Å². The molecule has 0 bridgehead atoms. The number of H-pyrrole nitrogens is 1. The lowest BCUT2D eigenvalue weighted by atomic mass is 10.0. The second kappa shape index (κ2) is 5.90. The van der Waals surface area contributed by atoms with Crippen LogP contribution in [0.3, 0.4) is 0 Å². The minimum Gasteiger partial charge on any atom is -0.388 e. The molecule has 0 spiro atoms. The summed E-state index contributed by atoms with van der Waals surface area (Å²) in [7, 11) is 0. The van der Waals surface area contributed by atoms with E-state index in [1.54, 1.807) is 0 Å². The molecule has 0 radical (unpaired) electrons. The van der Waals surface area contributed by atoms with Crippen LogP contribution in [0.15, 0.2) is 30.5 Å². The van der Waals surface area contributed by atoms with Gasteiger partial charge in [-0.2, -0.15) is 0 Å². The first-order chi connectivity index (χ1) is 10.2. The van der Waals surface area contributed by atoms with Crippen LogP contribution in [0, 0.1) is 0 Å².